The first kappa shape index (κ1) is 18.5. The van der Waals surface area contributed by atoms with Crippen LogP contribution in [0.1, 0.15) is 53.9 Å². The third-order valence-corrected chi connectivity index (χ3v) is 5.24. The van der Waals surface area contributed by atoms with E-state index in [9.17, 15) is 18.0 Å². The molecule has 1 aromatic rings. The fourth-order valence-electron chi connectivity index (χ4n) is 3.41. The average Bonchev–Trinajstić information content (AvgIpc) is 3.38. The molecule has 2 atom stereocenters. The van der Waals surface area contributed by atoms with Crippen LogP contribution in [-0.4, -0.2) is 30.5 Å². The minimum absolute atomic E-state index is 0. The molecule has 1 aromatic carbocycles. The molecule has 0 heterocycles. The highest BCUT2D eigenvalue weighted by Gasteiger charge is 2.46. The van der Waals surface area contributed by atoms with Crippen molar-refractivity contribution in [3.63, 3.8) is 0 Å². The maximum Gasteiger partial charge on any atom is 0.252 e. The lowest BCUT2D eigenvalue weighted by Gasteiger charge is -2.35. The number of hydrogen-bond acceptors (Lipinski definition) is 2. The molecule has 0 aromatic heterocycles. The Bertz CT molecular complexity index is 658. The van der Waals surface area contributed by atoms with Crippen molar-refractivity contribution in [2.24, 2.45) is 5.92 Å². The summed E-state index contributed by atoms with van der Waals surface area (Å²) in [4.78, 5) is 12.2. The number of carbonyl (C=O) groups is 1. The van der Waals surface area contributed by atoms with E-state index < -0.39 is 17.9 Å². The van der Waals surface area contributed by atoms with Crippen LogP contribution in [0.5, 0.6) is 0 Å². The van der Waals surface area contributed by atoms with Crippen LogP contribution in [0.4, 0.5) is 13.2 Å². The number of halogens is 4. The van der Waals surface area contributed by atoms with Gasteiger partial charge in [0.1, 0.15) is 5.82 Å². The lowest BCUT2D eigenvalue weighted by molar-refractivity contribution is -0.0901. The third-order valence-electron chi connectivity index (χ3n) is 5.24. The Labute approximate surface area is 151 Å². The number of alkyl halides is 2. The van der Waals surface area contributed by atoms with Gasteiger partial charge in [-0.1, -0.05) is 0 Å². The first-order valence-electron chi connectivity index (χ1n) is 8.63. The zero-order valence-electron chi connectivity index (χ0n) is 13.7. The van der Waals surface area contributed by atoms with E-state index in [1.807, 2.05) is 0 Å². The Morgan fingerprint density at radius 1 is 1.24 bits per heavy atom. The van der Waals surface area contributed by atoms with Gasteiger partial charge in [0.2, 0.25) is 0 Å². The Kier molecular flexibility index (Phi) is 5.04. The highest BCUT2D eigenvalue weighted by Crippen LogP contribution is 2.43. The SMILES string of the molecule is Cl.O=C(NC1CC(F)(F)C1)c1ccc(F)c(C2CC2NCC2CC2)c1. The smallest absolute Gasteiger partial charge is 0.252 e. The lowest BCUT2D eigenvalue weighted by atomic mass is 9.88. The Balaban J connectivity index is 0.00000182. The topological polar surface area (TPSA) is 41.1 Å². The van der Waals surface area contributed by atoms with Gasteiger partial charge in [-0.25, -0.2) is 13.2 Å². The van der Waals surface area contributed by atoms with Gasteiger partial charge in [0.05, 0.1) is 0 Å². The van der Waals surface area contributed by atoms with Crippen molar-refractivity contribution >= 4 is 18.3 Å². The molecule has 3 aliphatic rings. The van der Waals surface area contributed by atoms with Gasteiger partial charge >= 0.3 is 0 Å². The first-order chi connectivity index (χ1) is 11.4. The van der Waals surface area contributed by atoms with Gasteiger partial charge in [-0.05, 0) is 55.5 Å². The number of benzene rings is 1. The van der Waals surface area contributed by atoms with Crippen LogP contribution >= 0.6 is 12.4 Å². The summed E-state index contributed by atoms with van der Waals surface area (Å²) in [6.45, 7) is 0.985. The van der Waals surface area contributed by atoms with Gasteiger partial charge < -0.3 is 10.6 Å². The molecule has 138 valence electrons. The van der Waals surface area contributed by atoms with E-state index >= 15 is 0 Å². The lowest BCUT2D eigenvalue weighted by Crippen LogP contribution is -2.50. The molecule has 7 heteroatoms. The van der Waals surface area contributed by atoms with Crippen LogP contribution in [0.3, 0.4) is 0 Å². The van der Waals surface area contributed by atoms with Crippen LogP contribution in [0.15, 0.2) is 18.2 Å². The number of rotatable bonds is 6. The molecular weight excluding hydrogens is 353 g/mol. The average molecular weight is 375 g/mol. The van der Waals surface area contributed by atoms with E-state index in [1.165, 1.54) is 25.0 Å². The summed E-state index contributed by atoms with van der Waals surface area (Å²) in [5.41, 5.74) is 0.893. The number of amides is 1. The highest BCUT2D eigenvalue weighted by molar-refractivity contribution is 5.94. The normalized spacial score (nSPS) is 27.2. The maximum absolute atomic E-state index is 14.1. The second kappa shape index (κ2) is 6.80. The molecule has 1 amide bonds. The zero-order valence-corrected chi connectivity index (χ0v) is 14.6. The predicted octanol–water partition coefficient (Wildman–Crippen LogP) is 3.63. The highest BCUT2D eigenvalue weighted by atomic mass is 35.5. The molecule has 0 saturated heterocycles. The quantitative estimate of drug-likeness (QED) is 0.798. The van der Waals surface area contributed by atoms with Crippen LogP contribution in [0.25, 0.3) is 0 Å². The first-order valence-corrected chi connectivity index (χ1v) is 8.63. The maximum atomic E-state index is 14.1. The van der Waals surface area contributed by atoms with E-state index in [0.717, 1.165) is 18.9 Å². The minimum Gasteiger partial charge on any atom is -0.349 e. The molecule has 25 heavy (non-hydrogen) atoms. The fraction of sp³-hybridized carbons (Fsp3) is 0.611. The van der Waals surface area contributed by atoms with E-state index in [2.05, 4.69) is 10.6 Å². The fourth-order valence-corrected chi connectivity index (χ4v) is 3.41. The van der Waals surface area contributed by atoms with E-state index in [1.54, 1.807) is 6.07 Å². The van der Waals surface area contributed by atoms with Crippen LogP contribution in [0.2, 0.25) is 0 Å². The van der Waals surface area contributed by atoms with Gasteiger partial charge in [0, 0.05) is 36.4 Å². The van der Waals surface area contributed by atoms with Gasteiger partial charge in [-0.3, -0.25) is 4.79 Å². The summed E-state index contributed by atoms with van der Waals surface area (Å²) in [7, 11) is 0. The molecule has 3 fully saturated rings. The number of nitrogens with one attached hydrogen (secondary N) is 2. The van der Waals surface area contributed by atoms with Crippen molar-refractivity contribution in [3.8, 4) is 0 Å². The Morgan fingerprint density at radius 3 is 2.60 bits per heavy atom. The summed E-state index contributed by atoms with van der Waals surface area (Å²) >= 11 is 0. The summed E-state index contributed by atoms with van der Waals surface area (Å²) in [5, 5.41) is 6.05. The van der Waals surface area contributed by atoms with Crippen LogP contribution in [0, 0.1) is 11.7 Å². The Morgan fingerprint density at radius 2 is 1.96 bits per heavy atom. The predicted molar refractivity (Wildman–Crippen MR) is 91.0 cm³/mol. The van der Waals surface area contributed by atoms with Crippen molar-refractivity contribution in [1.82, 2.24) is 10.6 Å². The molecule has 3 nitrogen and oxygen atoms in total. The van der Waals surface area contributed by atoms with Gasteiger partial charge in [-0.15, -0.1) is 12.4 Å². The van der Waals surface area contributed by atoms with E-state index in [0.29, 0.717) is 11.1 Å². The van der Waals surface area contributed by atoms with Crippen LogP contribution in [-0.2, 0) is 0 Å². The minimum atomic E-state index is -2.67. The van der Waals surface area contributed by atoms with Gasteiger partial charge in [0.15, 0.2) is 0 Å². The molecule has 0 aliphatic heterocycles. The summed E-state index contributed by atoms with van der Waals surface area (Å²) in [6, 6.07) is 4.08. The van der Waals surface area contributed by atoms with Crippen molar-refractivity contribution < 1.29 is 18.0 Å². The summed E-state index contributed by atoms with van der Waals surface area (Å²) in [6.07, 6.45) is 2.79. The second-order valence-corrected chi connectivity index (χ2v) is 7.47. The molecule has 0 radical (unpaired) electrons. The molecule has 3 aliphatic carbocycles. The standard InChI is InChI=1S/C18H21F3N2O.ClH/c19-15-4-3-11(17(24)23-12-7-18(20,21)8-12)5-13(15)14-6-16(14)22-9-10-1-2-10;/h3-5,10,12,14,16,22H,1-2,6-9H2,(H,23,24);1H. The molecule has 3 saturated carbocycles. The van der Waals surface area contributed by atoms with Crippen LogP contribution < -0.4 is 10.6 Å². The van der Waals surface area contributed by atoms with Crippen molar-refractivity contribution in [3.05, 3.63) is 35.1 Å². The Hall–Kier alpha value is -1.27. The van der Waals surface area contributed by atoms with Gasteiger partial charge in [0.25, 0.3) is 11.8 Å². The van der Waals surface area contributed by atoms with Gasteiger partial charge in [-0.2, -0.15) is 0 Å². The molecule has 0 bridgehead atoms. The van der Waals surface area contributed by atoms with Crippen molar-refractivity contribution in [2.45, 2.75) is 56.0 Å². The molecule has 4 rings (SSSR count). The largest absolute Gasteiger partial charge is 0.349 e. The van der Waals surface area contributed by atoms with E-state index in [4.69, 9.17) is 0 Å². The molecule has 2 N–H and O–H groups in total. The second-order valence-electron chi connectivity index (χ2n) is 7.47. The number of carbonyl (C=O) groups excluding carboxylic acids is 1. The summed E-state index contributed by atoms with van der Waals surface area (Å²) in [5.74, 6) is -2.50. The molecular formula is C18H22ClF3N2O. The number of hydrogen-bond donors (Lipinski definition) is 2. The van der Waals surface area contributed by atoms with Crippen molar-refractivity contribution in [1.29, 1.82) is 0 Å². The third kappa shape index (κ3) is 4.29. The van der Waals surface area contributed by atoms with E-state index in [-0.39, 0.29) is 43.0 Å². The zero-order chi connectivity index (χ0) is 16.9. The monoisotopic (exact) mass is 374 g/mol. The molecule has 2 unspecified atom stereocenters. The van der Waals surface area contributed by atoms with Crippen molar-refractivity contribution in [2.75, 3.05) is 6.54 Å². The summed E-state index contributed by atoms with van der Waals surface area (Å²) < 4.78 is 39.8. The molecule has 0 spiro atoms.